The number of anilines is 2. The number of rotatable bonds is 5. The molecule has 1 aliphatic rings. The second-order valence-corrected chi connectivity index (χ2v) is 9.14. The summed E-state index contributed by atoms with van der Waals surface area (Å²) >= 11 is 6.15. The molecule has 1 heterocycles. The molecule has 0 aliphatic carbocycles. The van der Waals surface area contributed by atoms with Gasteiger partial charge in [0.2, 0.25) is 15.9 Å². The number of nitrogens with one attached hydrogen (secondary N) is 2. The lowest BCUT2D eigenvalue weighted by atomic mass is 10.1. The topological polar surface area (TPSA) is 105 Å². The van der Waals surface area contributed by atoms with Gasteiger partial charge in [0.1, 0.15) is 0 Å². The van der Waals surface area contributed by atoms with E-state index in [4.69, 9.17) is 16.3 Å². The lowest BCUT2D eigenvalue weighted by Crippen LogP contribution is -2.40. The SMILES string of the molecule is CC(=O)Nc1ccc(Cl)c(NC(=O)c2ccc(C)c(S(=O)(=O)N3CCOCC3)c2)c1. The summed E-state index contributed by atoms with van der Waals surface area (Å²) in [5.74, 6) is -0.776. The first-order valence-corrected chi connectivity index (χ1v) is 11.1. The fraction of sp³-hybridized carbons (Fsp3) is 0.300. The number of carbonyl (C=O) groups excluding carboxylic acids is 2. The van der Waals surface area contributed by atoms with Crippen LogP contribution in [0.2, 0.25) is 5.02 Å². The zero-order valence-electron chi connectivity index (χ0n) is 16.6. The molecule has 0 spiro atoms. The predicted octanol–water partition coefficient (Wildman–Crippen LogP) is 2.88. The van der Waals surface area contributed by atoms with E-state index >= 15 is 0 Å². The fourth-order valence-corrected chi connectivity index (χ4v) is 4.87. The molecule has 2 aromatic carbocycles. The van der Waals surface area contributed by atoms with Gasteiger partial charge in [-0.1, -0.05) is 17.7 Å². The fourth-order valence-electron chi connectivity index (χ4n) is 3.04. The first-order chi connectivity index (χ1) is 14.2. The molecule has 0 aromatic heterocycles. The van der Waals surface area contributed by atoms with Crippen LogP contribution in [-0.2, 0) is 19.6 Å². The lowest BCUT2D eigenvalue weighted by molar-refractivity contribution is -0.114. The van der Waals surface area contributed by atoms with E-state index in [9.17, 15) is 18.0 Å². The van der Waals surface area contributed by atoms with E-state index in [0.717, 1.165) is 0 Å². The van der Waals surface area contributed by atoms with Crippen molar-refractivity contribution in [2.24, 2.45) is 0 Å². The van der Waals surface area contributed by atoms with Crippen LogP contribution in [0.15, 0.2) is 41.3 Å². The number of nitrogens with zero attached hydrogens (tertiary/aromatic N) is 1. The largest absolute Gasteiger partial charge is 0.379 e. The average molecular weight is 452 g/mol. The second-order valence-electron chi connectivity index (χ2n) is 6.83. The standard InChI is InChI=1S/C20H22ClN3O5S/c1-13-3-4-15(11-19(13)30(27,28)24-7-9-29-10-8-24)20(26)23-18-12-16(22-14(2)25)5-6-17(18)21/h3-6,11-12H,7-10H2,1-2H3,(H,22,25)(H,23,26). The van der Waals surface area contributed by atoms with Gasteiger partial charge in [-0.2, -0.15) is 4.31 Å². The van der Waals surface area contributed by atoms with Crippen molar-refractivity contribution in [1.29, 1.82) is 0 Å². The highest BCUT2D eigenvalue weighted by atomic mass is 35.5. The molecule has 30 heavy (non-hydrogen) atoms. The Balaban J connectivity index is 1.87. The third-order valence-electron chi connectivity index (χ3n) is 4.57. The van der Waals surface area contributed by atoms with E-state index in [1.807, 2.05) is 0 Å². The van der Waals surface area contributed by atoms with Crippen molar-refractivity contribution in [3.8, 4) is 0 Å². The Labute approximate surface area is 180 Å². The van der Waals surface area contributed by atoms with Gasteiger partial charge in [-0.3, -0.25) is 9.59 Å². The van der Waals surface area contributed by atoms with E-state index in [2.05, 4.69) is 10.6 Å². The van der Waals surface area contributed by atoms with Gasteiger partial charge in [0.15, 0.2) is 0 Å². The number of amides is 2. The molecular weight excluding hydrogens is 430 g/mol. The summed E-state index contributed by atoms with van der Waals surface area (Å²) in [6.45, 7) is 4.26. The maximum atomic E-state index is 13.0. The third-order valence-corrected chi connectivity index (χ3v) is 6.94. The highest BCUT2D eigenvalue weighted by Crippen LogP contribution is 2.27. The van der Waals surface area contributed by atoms with Crippen LogP contribution in [0.4, 0.5) is 11.4 Å². The van der Waals surface area contributed by atoms with Crippen LogP contribution in [0.1, 0.15) is 22.8 Å². The molecule has 0 atom stereocenters. The second kappa shape index (κ2) is 9.13. The molecule has 2 amide bonds. The molecule has 1 fully saturated rings. The van der Waals surface area contributed by atoms with Gasteiger partial charge in [-0.15, -0.1) is 0 Å². The van der Waals surface area contributed by atoms with Crippen LogP contribution in [-0.4, -0.2) is 50.8 Å². The minimum absolute atomic E-state index is 0.0788. The zero-order chi connectivity index (χ0) is 21.9. The highest BCUT2D eigenvalue weighted by Gasteiger charge is 2.28. The Morgan fingerprint density at radius 1 is 1.07 bits per heavy atom. The Morgan fingerprint density at radius 3 is 2.43 bits per heavy atom. The summed E-state index contributed by atoms with van der Waals surface area (Å²) in [5, 5.41) is 5.56. The summed E-state index contributed by atoms with van der Waals surface area (Å²) in [4.78, 5) is 24.1. The Hall–Kier alpha value is -2.46. The molecule has 160 valence electrons. The minimum atomic E-state index is -3.75. The summed E-state index contributed by atoms with van der Waals surface area (Å²) in [6.07, 6.45) is 0. The summed E-state index contributed by atoms with van der Waals surface area (Å²) in [7, 11) is -3.75. The molecule has 0 bridgehead atoms. The number of carbonyl (C=O) groups is 2. The summed E-state index contributed by atoms with van der Waals surface area (Å²) in [5.41, 5.74) is 1.49. The first kappa shape index (κ1) is 22.2. The van der Waals surface area contributed by atoms with Gasteiger partial charge in [0.25, 0.3) is 5.91 Å². The number of halogens is 1. The molecule has 1 aliphatic heterocycles. The molecule has 0 saturated carbocycles. The van der Waals surface area contributed by atoms with Crippen molar-refractivity contribution in [2.75, 3.05) is 36.9 Å². The highest BCUT2D eigenvalue weighted by molar-refractivity contribution is 7.89. The van der Waals surface area contributed by atoms with Crippen molar-refractivity contribution < 1.29 is 22.7 Å². The van der Waals surface area contributed by atoms with Gasteiger partial charge in [-0.05, 0) is 42.8 Å². The van der Waals surface area contributed by atoms with Crippen LogP contribution in [0.5, 0.6) is 0 Å². The van der Waals surface area contributed by atoms with Crippen LogP contribution in [0.25, 0.3) is 0 Å². The van der Waals surface area contributed by atoms with Crippen LogP contribution >= 0.6 is 11.6 Å². The van der Waals surface area contributed by atoms with Crippen LogP contribution in [0, 0.1) is 6.92 Å². The maximum Gasteiger partial charge on any atom is 0.255 e. The number of hydrogen-bond acceptors (Lipinski definition) is 5. The number of aryl methyl sites for hydroxylation is 1. The number of benzene rings is 2. The van der Waals surface area contributed by atoms with E-state index in [1.54, 1.807) is 31.2 Å². The van der Waals surface area contributed by atoms with Crippen molar-refractivity contribution in [2.45, 2.75) is 18.7 Å². The smallest absolute Gasteiger partial charge is 0.255 e. The Kier molecular flexibility index (Phi) is 6.77. The van der Waals surface area contributed by atoms with Gasteiger partial charge in [0, 0.05) is 31.3 Å². The van der Waals surface area contributed by atoms with Crippen molar-refractivity contribution in [3.63, 3.8) is 0 Å². The third kappa shape index (κ3) is 4.99. The summed E-state index contributed by atoms with van der Waals surface area (Å²) < 4.78 is 32.6. The quantitative estimate of drug-likeness (QED) is 0.727. The van der Waals surface area contributed by atoms with E-state index in [0.29, 0.717) is 30.2 Å². The van der Waals surface area contributed by atoms with Gasteiger partial charge < -0.3 is 15.4 Å². The molecule has 8 nitrogen and oxygen atoms in total. The van der Waals surface area contributed by atoms with Gasteiger partial charge in [0.05, 0.1) is 28.8 Å². The first-order valence-electron chi connectivity index (χ1n) is 9.25. The molecule has 2 N–H and O–H groups in total. The molecule has 0 unspecified atom stereocenters. The molecule has 0 radical (unpaired) electrons. The minimum Gasteiger partial charge on any atom is -0.379 e. The summed E-state index contributed by atoms with van der Waals surface area (Å²) in [6, 6.07) is 9.19. The number of hydrogen-bond donors (Lipinski definition) is 2. The normalized spacial score (nSPS) is 14.9. The number of ether oxygens (including phenoxy) is 1. The number of morpholine rings is 1. The molecule has 2 aromatic rings. The van der Waals surface area contributed by atoms with Crippen LogP contribution in [0.3, 0.4) is 0 Å². The molecule has 10 heteroatoms. The Bertz CT molecular complexity index is 1080. The monoisotopic (exact) mass is 451 g/mol. The molecular formula is C20H22ClN3O5S. The average Bonchev–Trinajstić information content (AvgIpc) is 2.71. The lowest BCUT2D eigenvalue weighted by Gasteiger charge is -2.26. The van der Waals surface area contributed by atoms with Crippen molar-refractivity contribution in [3.05, 3.63) is 52.5 Å². The van der Waals surface area contributed by atoms with Crippen LogP contribution < -0.4 is 10.6 Å². The molecule has 3 rings (SSSR count). The van der Waals surface area contributed by atoms with Crippen molar-refractivity contribution >= 4 is 44.8 Å². The van der Waals surface area contributed by atoms with Gasteiger partial charge in [-0.25, -0.2) is 8.42 Å². The van der Waals surface area contributed by atoms with Gasteiger partial charge >= 0.3 is 0 Å². The van der Waals surface area contributed by atoms with E-state index in [-0.39, 0.29) is 34.5 Å². The van der Waals surface area contributed by atoms with Crippen molar-refractivity contribution in [1.82, 2.24) is 4.31 Å². The number of sulfonamides is 1. The van der Waals surface area contributed by atoms with E-state index < -0.39 is 15.9 Å². The predicted molar refractivity (Wildman–Crippen MR) is 114 cm³/mol. The van der Waals surface area contributed by atoms with E-state index in [1.165, 1.54) is 23.4 Å². The molecule has 1 saturated heterocycles. The Morgan fingerprint density at radius 2 is 1.77 bits per heavy atom. The maximum absolute atomic E-state index is 13.0. The zero-order valence-corrected chi connectivity index (χ0v) is 18.1.